The first kappa shape index (κ1) is 9.21. The van der Waals surface area contributed by atoms with E-state index < -0.39 is 0 Å². The van der Waals surface area contributed by atoms with Crippen molar-refractivity contribution in [2.45, 2.75) is 26.2 Å². The summed E-state index contributed by atoms with van der Waals surface area (Å²) in [7, 11) is -0.0833. The zero-order valence-corrected chi connectivity index (χ0v) is 7.97. The summed E-state index contributed by atoms with van der Waals surface area (Å²) in [5.74, 6) is 0. The summed E-state index contributed by atoms with van der Waals surface area (Å²) in [5.41, 5.74) is 1.86. The van der Waals surface area contributed by atoms with Crippen LogP contribution in [0.2, 0.25) is 0 Å². The fourth-order valence-electron chi connectivity index (χ4n) is 0.946. The van der Waals surface area contributed by atoms with Crippen LogP contribution in [0.1, 0.15) is 26.2 Å². The van der Waals surface area contributed by atoms with Crippen molar-refractivity contribution < 1.29 is 0 Å². The predicted molar refractivity (Wildman–Crippen MR) is 55.4 cm³/mol. The van der Waals surface area contributed by atoms with Gasteiger partial charge < -0.3 is 0 Å². The van der Waals surface area contributed by atoms with E-state index in [1.807, 2.05) is 11.0 Å². The van der Waals surface area contributed by atoms with Crippen LogP contribution in [-0.2, 0) is 0 Å². The van der Waals surface area contributed by atoms with E-state index in [0.29, 0.717) is 0 Å². The third kappa shape index (κ3) is 2.31. The van der Waals surface area contributed by atoms with E-state index in [2.05, 4.69) is 18.0 Å². The lowest BCUT2D eigenvalue weighted by Crippen LogP contribution is -1.93. The Morgan fingerprint density at radius 3 is 3.00 bits per heavy atom. The first-order valence-electron chi connectivity index (χ1n) is 4.06. The minimum absolute atomic E-state index is 0.0833. The first-order chi connectivity index (χ1) is 5.88. The second-order valence-corrected chi connectivity index (χ2v) is 4.27. The highest BCUT2D eigenvalue weighted by Gasteiger charge is 2.01. The molecule has 1 aliphatic heterocycles. The molecule has 0 saturated carbocycles. The number of hydrogen-bond donors (Lipinski definition) is 0. The third-order valence-corrected chi connectivity index (χ3v) is 3.26. The summed E-state index contributed by atoms with van der Waals surface area (Å²) in [6, 6.07) is 2.27. The molecular formula is C9H12N2S. The van der Waals surface area contributed by atoms with Gasteiger partial charge in [-0.1, -0.05) is 13.3 Å². The summed E-state index contributed by atoms with van der Waals surface area (Å²) >= 11 is 0. The van der Waals surface area contributed by atoms with Crippen molar-refractivity contribution in [1.82, 2.24) is 0 Å². The van der Waals surface area contributed by atoms with Crippen LogP contribution < -0.4 is 0 Å². The number of unbranched alkanes of at least 4 members (excludes halogenated alkanes) is 1. The lowest BCUT2D eigenvalue weighted by Gasteiger charge is -1.98. The maximum absolute atomic E-state index is 8.84. The zero-order chi connectivity index (χ0) is 8.81. The molecule has 1 heterocycles. The summed E-state index contributed by atoms with van der Waals surface area (Å²) in [4.78, 5) is 4.94. The Balaban J connectivity index is 2.68. The summed E-state index contributed by atoms with van der Waals surface area (Å²) < 4.78 is 0. The van der Waals surface area contributed by atoms with Gasteiger partial charge in [-0.25, -0.2) is 0 Å². The molecule has 0 N–H and O–H groups in total. The molecule has 0 bridgehead atoms. The average molecular weight is 180 g/mol. The Hall–Kier alpha value is -0.880. The number of nitrogens with zero attached hydrogens (tertiary/aromatic N) is 2. The largest absolute Gasteiger partial charge is 0.257 e. The van der Waals surface area contributed by atoms with E-state index in [9.17, 15) is 0 Å². The van der Waals surface area contributed by atoms with Crippen LogP contribution in [0.4, 0.5) is 0 Å². The highest BCUT2D eigenvalue weighted by atomic mass is 32.2. The Kier molecular flexibility index (Phi) is 3.75. The molecule has 3 heteroatoms. The van der Waals surface area contributed by atoms with E-state index >= 15 is 0 Å². The monoisotopic (exact) mass is 180 g/mol. The van der Waals surface area contributed by atoms with Gasteiger partial charge >= 0.3 is 0 Å². The average Bonchev–Trinajstić information content (AvgIpc) is 2.59. The lowest BCUT2D eigenvalue weighted by atomic mass is 10.2. The van der Waals surface area contributed by atoms with Crippen LogP contribution in [0.15, 0.2) is 16.6 Å². The van der Waals surface area contributed by atoms with Crippen molar-refractivity contribution in [3.8, 4) is 6.07 Å². The first-order valence-corrected chi connectivity index (χ1v) is 5.41. The van der Waals surface area contributed by atoms with Gasteiger partial charge in [0, 0.05) is 6.20 Å². The molecule has 1 aliphatic rings. The molecule has 0 amide bonds. The fraction of sp³-hybridized carbons (Fsp3) is 0.444. The Morgan fingerprint density at radius 1 is 1.67 bits per heavy atom. The van der Waals surface area contributed by atoms with E-state index in [-0.39, 0.29) is 10.5 Å². The Bertz CT molecular complexity index is 267. The van der Waals surface area contributed by atoms with Crippen molar-refractivity contribution in [2.75, 3.05) is 0 Å². The van der Waals surface area contributed by atoms with Crippen LogP contribution in [-0.4, -0.2) is 10.4 Å². The van der Waals surface area contributed by atoms with Gasteiger partial charge in [-0.15, -0.1) is 10.5 Å². The second-order valence-electron chi connectivity index (χ2n) is 2.55. The summed E-state index contributed by atoms with van der Waals surface area (Å²) in [5, 5.41) is 10.8. The Morgan fingerprint density at radius 2 is 2.50 bits per heavy atom. The van der Waals surface area contributed by atoms with Crippen LogP contribution in [0, 0.1) is 11.3 Å². The molecule has 0 aromatic heterocycles. The molecule has 1 atom stereocenters. The van der Waals surface area contributed by atoms with Gasteiger partial charge in [0.25, 0.3) is 0 Å². The standard InChI is InChI=1S/C9H12N2S/c1-2-3-4-9(7-10)12-6-5-11-8-12/h5-6,8H,2-4H2,1H3. The highest BCUT2D eigenvalue weighted by Crippen LogP contribution is 2.20. The van der Waals surface area contributed by atoms with Crippen LogP contribution in [0.25, 0.3) is 0 Å². The minimum Gasteiger partial charge on any atom is -0.257 e. The van der Waals surface area contributed by atoms with Gasteiger partial charge in [-0.2, -0.15) is 5.26 Å². The normalized spacial score (nSPS) is 21.0. The van der Waals surface area contributed by atoms with Gasteiger partial charge in [-0.05, 0) is 18.2 Å². The van der Waals surface area contributed by atoms with Crippen molar-refractivity contribution >= 4 is 20.9 Å². The molecule has 64 valence electrons. The summed E-state index contributed by atoms with van der Waals surface area (Å²) in [6.45, 7) is 2.14. The van der Waals surface area contributed by atoms with E-state index in [4.69, 9.17) is 5.26 Å². The van der Waals surface area contributed by atoms with Crippen LogP contribution in [0.5, 0.6) is 0 Å². The molecule has 12 heavy (non-hydrogen) atoms. The minimum atomic E-state index is -0.0833. The van der Waals surface area contributed by atoms with Gasteiger partial charge in [0.2, 0.25) is 0 Å². The van der Waals surface area contributed by atoms with E-state index in [0.717, 1.165) is 24.1 Å². The van der Waals surface area contributed by atoms with Gasteiger partial charge in [0.15, 0.2) is 0 Å². The van der Waals surface area contributed by atoms with Crippen molar-refractivity contribution in [3.63, 3.8) is 0 Å². The number of hydrogen-bond acceptors (Lipinski definition) is 2. The van der Waals surface area contributed by atoms with Gasteiger partial charge in [0.1, 0.15) is 6.07 Å². The van der Waals surface area contributed by atoms with Crippen molar-refractivity contribution in [1.29, 1.82) is 5.26 Å². The number of rotatable bonds is 3. The molecule has 0 radical (unpaired) electrons. The quantitative estimate of drug-likeness (QED) is 0.615. The highest BCUT2D eigenvalue weighted by molar-refractivity contribution is 8.29. The molecule has 2 nitrogen and oxygen atoms in total. The maximum Gasteiger partial charge on any atom is 0.101 e. The third-order valence-electron chi connectivity index (χ3n) is 1.63. The smallest absolute Gasteiger partial charge is 0.101 e. The molecule has 0 fully saturated rings. The van der Waals surface area contributed by atoms with Gasteiger partial charge in [0.05, 0.1) is 10.4 Å². The SMILES string of the molecule is CCCCC(C#N)=S1C=CN=C1. The van der Waals surface area contributed by atoms with Crippen LogP contribution >= 0.6 is 10.5 Å². The lowest BCUT2D eigenvalue weighted by molar-refractivity contribution is 0.842. The van der Waals surface area contributed by atoms with Crippen LogP contribution in [0.3, 0.4) is 0 Å². The second kappa shape index (κ2) is 4.89. The van der Waals surface area contributed by atoms with E-state index in [1.165, 1.54) is 0 Å². The Labute approximate surface area is 75.5 Å². The molecule has 0 saturated heterocycles. The molecule has 1 rings (SSSR count). The van der Waals surface area contributed by atoms with Crippen molar-refractivity contribution in [2.24, 2.45) is 4.99 Å². The molecular weight excluding hydrogens is 168 g/mol. The predicted octanol–water partition coefficient (Wildman–Crippen LogP) is 2.65. The molecule has 0 aliphatic carbocycles. The summed E-state index contributed by atoms with van der Waals surface area (Å²) in [6.07, 6.45) is 4.94. The number of nitriles is 1. The van der Waals surface area contributed by atoms with E-state index in [1.54, 1.807) is 6.20 Å². The van der Waals surface area contributed by atoms with Gasteiger partial charge in [-0.3, -0.25) is 4.99 Å². The zero-order valence-electron chi connectivity index (χ0n) is 7.16. The topological polar surface area (TPSA) is 36.1 Å². The fourth-order valence-corrected chi connectivity index (χ4v) is 2.20. The molecule has 1 unspecified atom stereocenters. The molecule has 0 spiro atoms. The van der Waals surface area contributed by atoms with Crippen molar-refractivity contribution in [3.05, 3.63) is 11.6 Å². The molecule has 0 aromatic carbocycles. The number of aliphatic imine (C=N–C) groups is 1. The maximum atomic E-state index is 8.84. The molecule has 0 aromatic rings.